The molecule has 1 fully saturated rings. The summed E-state index contributed by atoms with van der Waals surface area (Å²) in [5.74, 6) is -0.784. The lowest BCUT2D eigenvalue weighted by Gasteiger charge is -2.10. The van der Waals surface area contributed by atoms with Gasteiger partial charge >= 0.3 is 5.97 Å². The zero-order valence-corrected chi connectivity index (χ0v) is 13.6. The second kappa shape index (κ2) is 4.76. The van der Waals surface area contributed by atoms with Crippen LogP contribution in [0.2, 0.25) is 0 Å². The van der Waals surface area contributed by atoms with Gasteiger partial charge in [-0.1, -0.05) is 32.5 Å². The number of thioether (sulfide) groups is 1. The molecule has 0 amide bonds. The Kier molecular flexibility index (Phi) is 3.27. The van der Waals surface area contributed by atoms with Crippen LogP contribution in [0.5, 0.6) is 0 Å². The van der Waals surface area contributed by atoms with Gasteiger partial charge in [0.25, 0.3) is 0 Å². The molecule has 0 radical (unpaired) electrons. The molecule has 0 aromatic carbocycles. The first-order valence-corrected chi connectivity index (χ1v) is 8.12. The molecule has 21 heavy (non-hydrogen) atoms. The Hall–Kier alpha value is -1.50. The van der Waals surface area contributed by atoms with E-state index >= 15 is 0 Å². The standard InChI is InChI=1S/C14H20N4O2S/c1-5-8-11-12(17(4)16-8)18(9-6-14(9,2)3)13(15-11)21-7-10(19)20/h9H,5-7H2,1-4H3,(H,19,20). The number of nitrogens with zero attached hydrogens (tertiary/aromatic N) is 4. The highest BCUT2D eigenvalue weighted by Gasteiger charge is 2.49. The van der Waals surface area contributed by atoms with Crippen molar-refractivity contribution in [2.45, 2.75) is 44.8 Å². The van der Waals surface area contributed by atoms with E-state index in [0.717, 1.165) is 34.9 Å². The fourth-order valence-electron chi connectivity index (χ4n) is 2.81. The van der Waals surface area contributed by atoms with Crippen molar-refractivity contribution in [3.05, 3.63) is 5.69 Å². The molecule has 1 aliphatic rings. The molecule has 1 atom stereocenters. The first kappa shape index (κ1) is 14.4. The van der Waals surface area contributed by atoms with Gasteiger partial charge in [-0.25, -0.2) is 4.98 Å². The molecule has 1 unspecified atom stereocenters. The summed E-state index contributed by atoms with van der Waals surface area (Å²) < 4.78 is 4.06. The molecule has 1 aliphatic carbocycles. The lowest BCUT2D eigenvalue weighted by Crippen LogP contribution is -2.07. The van der Waals surface area contributed by atoms with Crippen LogP contribution in [0.4, 0.5) is 0 Å². The molecule has 1 N–H and O–H groups in total. The van der Waals surface area contributed by atoms with Gasteiger partial charge in [-0.3, -0.25) is 9.48 Å². The molecular weight excluding hydrogens is 288 g/mol. The normalized spacial score (nSPS) is 20.1. The Bertz CT molecular complexity index is 716. The van der Waals surface area contributed by atoms with Gasteiger partial charge in [-0.05, 0) is 18.3 Å². The molecule has 1 saturated carbocycles. The largest absolute Gasteiger partial charge is 0.481 e. The Balaban J connectivity index is 2.12. The number of hydrogen-bond donors (Lipinski definition) is 1. The average Bonchev–Trinajstić information content (AvgIpc) is 2.78. The van der Waals surface area contributed by atoms with Gasteiger partial charge in [0, 0.05) is 13.1 Å². The van der Waals surface area contributed by atoms with Crippen molar-refractivity contribution in [1.29, 1.82) is 0 Å². The number of aliphatic carboxylic acids is 1. The quantitative estimate of drug-likeness (QED) is 0.859. The minimum absolute atomic E-state index is 0.0331. The number of imidazole rings is 1. The summed E-state index contributed by atoms with van der Waals surface area (Å²) in [4.78, 5) is 15.5. The Morgan fingerprint density at radius 1 is 1.52 bits per heavy atom. The summed E-state index contributed by atoms with van der Waals surface area (Å²) in [6.07, 6.45) is 1.91. The monoisotopic (exact) mass is 308 g/mol. The fourth-order valence-corrected chi connectivity index (χ4v) is 3.57. The van der Waals surface area contributed by atoms with E-state index in [1.54, 1.807) is 0 Å². The van der Waals surface area contributed by atoms with Crippen LogP contribution >= 0.6 is 11.8 Å². The van der Waals surface area contributed by atoms with Crippen LogP contribution in [0, 0.1) is 5.41 Å². The fraction of sp³-hybridized carbons (Fsp3) is 0.643. The van der Waals surface area contributed by atoms with E-state index in [1.807, 2.05) is 11.7 Å². The summed E-state index contributed by atoms with van der Waals surface area (Å²) in [5.41, 5.74) is 3.13. The van der Waals surface area contributed by atoms with Crippen LogP contribution in [0.15, 0.2) is 5.16 Å². The maximum absolute atomic E-state index is 10.9. The van der Waals surface area contributed by atoms with Crippen LogP contribution in [-0.4, -0.2) is 36.2 Å². The summed E-state index contributed by atoms with van der Waals surface area (Å²) >= 11 is 1.29. The molecule has 6 nitrogen and oxygen atoms in total. The summed E-state index contributed by atoms with van der Waals surface area (Å²) in [6, 6.07) is 0.374. The third-order valence-electron chi connectivity index (χ3n) is 4.14. The molecule has 2 aromatic heterocycles. The summed E-state index contributed by atoms with van der Waals surface area (Å²) in [5, 5.41) is 14.3. The van der Waals surface area contributed by atoms with Crippen LogP contribution in [0.25, 0.3) is 11.2 Å². The highest BCUT2D eigenvalue weighted by atomic mass is 32.2. The maximum Gasteiger partial charge on any atom is 0.313 e. The van der Waals surface area contributed by atoms with Gasteiger partial charge in [0.2, 0.25) is 0 Å². The second-order valence-corrected chi connectivity index (χ2v) is 7.19. The topological polar surface area (TPSA) is 72.9 Å². The van der Waals surface area contributed by atoms with Crippen molar-refractivity contribution in [2.75, 3.05) is 5.75 Å². The number of carbonyl (C=O) groups is 1. The van der Waals surface area contributed by atoms with Crippen LogP contribution in [-0.2, 0) is 18.3 Å². The van der Waals surface area contributed by atoms with Crippen LogP contribution in [0.1, 0.15) is 38.9 Å². The van der Waals surface area contributed by atoms with Gasteiger partial charge in [0.15, 0.2) is 10.8 Å². The van der Waals surface area contributed by atoms with Crippen molar-refractivity contribution in [1.82, 2.24) is 19.3 Å². The lowest BCUT2D eigenvalue weighted by atomic mass is 10.2. The van der Waals surface area contributed by atoms with Crippen molar-refractivity contribution in [3.8, 4) is 0 Å². The van der Waals surface area contributed by atoms with E-state index in [2.05, 4.69) is 35.4 Å². The average molecular weight is 308 g/mol. The van der Waals surface area contributed by atoms with E-state index in [9.17, 15) is 4.79 Å². The number of carboxylic acid groups (broad SMARTS) is 1. The predicted octanol–water partition coefficient (Wildman–Crippen LogP) is 2.48. The van der Waals surface area contributed by atoms with E-state index in [1.165, 1.54) is 11.8 Å². The van der Waals surface area contributed by atoms with E-state index < -0.39 is 5.97 Å². The first-order chi connectivity index (χ1) is 9.85. The molecule has 0 saturated heterocycles. The highest BCUT2D eigenvalue weighted by Crippen LogP contribution is 2.57. The summed E-state index contributed by atoms with van der Waals surface area (Å²) in [7, 11) is 1.93. The SMILES string of the molecule is CCc1nn(C)c2c1nc(SCC(=O)O)n2C1CC1(C)C. The zero-order chi connectivity index (χ0) is 15.4. The van der Waals surface area contributed by atoms with Crippen LogP contribution in [0.3, 0.4) is 0 Å². The van der Waals surface area contributed by atoms with E-state index in [4.69, 9.17) is 5.11 Å². The number of fused-ring (bicyclic) bond motifs is 1. The van der Waals surface area contributed by atoms with E-state index in [0.29, 0.717) is 6.04 Å². The smallest absolute Gasteiger partial charge is 0.313 e. The number of hydrogen-bond acceptors (Lipinski definition) is 4. The minimum Gasteiger partial charge on any atom is -0.481 e. The molecule has 0 bridgehead atoms. The van der Waals surface area contributed by atoms with Gasteiger partial charge in [-0.15, -0.1) is 0 Å². The van der Waals surface area contributed by atoms with Gasteiger partial charge < -0.3 is 9.67 Å². The molecule has 2 aromatic rings. The van der Waals surface area contributed by atoms with Crippen molar-refractivity contribution >= 4 is 28.9 Å². The Labute approximate surface area is 127 Å². The zero-order valence-electron chi connectivity index (χ0n) is 12.8. The maximum atomic E-state index is 10.9. The van der Waals surface area contributed by atoms with Gasteiger partial charge in [0.05, 0.1) is 11.4 Å². The number of carboxylic acids is 1. The molecule has 2 heterocycles. The van der Waals surface area contributed by atoms with Gasteiger partial charge in [0.1, 0.15) is 5.52 Å². The number of rotatable bonds is 5. The highest BCUT2D eigenvalue weighted by molar-refractivity contribution is 7.99. The summed E-state index contributed by atoms with van der Waals surface area (Å²) in [6.45, 7) is 6.52. The minimum atomic E-state index is -0.817. The first-order valence-electron chi connectivity index (χ1n) is 7.13. The van der Waals surface area contributed by atoms with Crippen molar-refractivity contribution in [2.24, 2.45) is 12.5 Å². The molecule has 3 rings (SSSR count). The molecule has 0 aliphatic heterocycles. The molecule has 0 spiro atoms. The molecule has 7 heteroatoms. The van der Waals surface area contributed by atoms with Crippen molar-refractivity contribution in [3.63, 3.8) is 0 Å². The Morgan fingerprint density at radius 3 is 2.71 bits per heavy atom. The number of aryl methyl sites for hydroxylation is 2. The molecular formula is C14H20N4O2S. The third kappa shape index (κ3) is 2.33. The predicted molar refractivity (Wildman–Crippen MR) is 81.7 cm³/mol. The lowest BCUT2D eigenvalue weighted by molar-refractivity contribution is -0.133. The van der Waals surface area contributed by atoms with Crippen LogP contribution < -0.4 is 0 Å². The Morgan fingerprint density at radius 2 is 2.19 bits per heavy atom. The van der Waals surface area contributed by atoms with Crippen molar-refractivity contribution < 1.29 is 9.90 Å². The number of aromatic nitrogens is 4. The third-order valence-corrected chi connectivity index (χ3v) is 5.07. The second-order valence-electron chi connectivity index (χ2n) is 6.25. The van der Waals surface area contributed by atoms with E-state index in [-0.39, 0.29) is 11.2 Å². The van der Waals surface area contributed by atoms with Gasteiger partial charge in [-0.2, -0.15) is 5.10 Å². The molecule has 114 valence electrons.